The maximum Gasteiger partial charge on any atom is 0.180 e. The van der Waals surface area contributed by atoms with Crippen LogP contribution < -0.4 is 5.32 Å². The number of H-pyrrole nitrogens is 1. The fourth-order valence-corrected chi connectivity index (χ4v) is 1.60. The average molecular weight is 245 g/mol. The molecule has 18 heavy (non-hydrogen) atoms. The summed E-state index contributed by atoms with van der Waals surface area (Å²) in [7, 11) is 0. The number of nitrogens with one attached hydrogen (secondary N) is 2. The van der Waals surface area contributed by atoms with Crippen molar-refractivity contribution in [3.8, 4) is 0 Å². The van der Waals surface area contributed by atoms with E-state index in [1.165, 1.54) is 0 Å². The summed E-state index contributed by atoms with van der Waals surface area (Å²) in [5.41, 5.74) is 3.73. The lowest BCUT2D eigenvalue weighted by Crippen LogP contribution is -2.25. The van der Waals surface area contributed by atoms with E-state index in [-0.39, 0.29) is 5.41 Å². The lowest BCUT2D eigenvalue weighted by atomic mass is 9.93. The SMILES string of the molecule is C=C(NCCc1ncnc2nc[nH]c12)C(C)(C)C. The molecule has 0 aliphatic rings. The summed E-state index contributed by atoms with van der Waals surface area (Å²) in [4.78, 5) is 15.6. The molecule has 2 N–H and O–H groups in total. The molecule has 0 saturated carbocycles. The highest BCUT2D eigenvalue weighted by Gasteiger charge is 2.14. The number of aromatic amines is 1. The Morgan fingerprint density at radius 2 is 2.11 bits per heavy atom. The number of nitrogens with zero attached hydrogens (tertiary/aromatic N) is 3. The minimum atomic E-state index is 0.0784. The van der Waals surface area contributed by atoms with Crippen molar-refractivity contribution in [1.82, 2.24) is 25.3 Å². The molecule has 2 aromatic rings. The molecule has 0 unspecified atom stereocenters. The number of imidazole rings is 1. The Labute approximate surface area is 107 Å². The molecule has 0 bridgehead atoms. The standard InChI is InChI=1S/C13H19N5/c1-9(13(2,3)4)14-6-5-10-11-12(17-7-15-10)18-8-16-11/h7-8,14H,1,5-6H2,2-4H3,(H,15,16,17,18). The Kier molecular flexibility index (Phi) is 3.32. The third-order valence-corrected chi connectivity index (χ3v) is 2.91. The highest BCUT2D eigenvalue weighted by Crippen LogP contribution is 2.20. The molecule has 2 aromatic heterocycles. The fourth-order valence-electron chi connectivity index (χ4n) is 1.60. The molecule has 0 atom stereocenters. The number of hydrogen-bond donors (Lipinski definition) is 2. The van der Waals surface area contributed by atoms with Gasteiger partial charge in [0.25, 0.3) is 0 Å². The van der Waals surface area contributed by atoms with Gasteiger partial charge >= 0.3 is 0 Å². The van der Waals surface area contributed by atoms with Crippen molar-refractivity contribution in [2.24, 2.45) is 5.41 Å². The third-order valence-electron chi connectivity index (χ3n) is 2.91. The summed E-state index contributed by atoms with van der Waals surface area (Å²) in [6.07, 6.45) is 4.01. The zero-order valence-electron chi connectivity index (χ0n) is 11.1. The minimum Gasteiger partial charge on any atom is -0.388 e. The Morgan fingerprint density at radius 3 is 2.83 bits per heavy atom. The van der Waals surface area contributed by atoms with Gasteiger partial charge in [-0.3, -0.25) is 0 Å². The first kappa shape index (κ1) is 12.5. The second-order valence-electron chi connectivity index (χ2n) is 5.33. The van der Waals surface area contributed by atoms with Gasteiger partial charge in [-0.1, -0.05) is 27.4 Å². The summed E-state index contributed by atoms with van der Waals surface area (Å²) >= 11 is 0. The van der Waals surface area contributed by atoms with Gasteiger partial charge in [0.1, 0.15) is 11.8 Å². The van der Waals surface area contributed by atoms with E-state index in [0.29, 0.717) is 0 Å². The molecule has 0 aliphatic heterocycles. The van der Waals surface area contributed by atoms with Crippen LogP contribution >= 0.6 is 0 Å². The normalized spacial score (nSPS) is 11.7. The highest BCUT2D eigenvalue weighted by molar-refractivity contribution is 5.71. The Bertz CT molecular complexity index is 550. The Morgan fingerprint density at radius 1 is 1.33 bits per heavy atom. The number of fused-ring (bicyclic) bond motifs is 1. The molecular weight excluding hydrogens is 226 g/mol. The second-order valence-corrected chi connectivity index (χ2v) is 5.33. The van der Waals surface area contributed by atoms with Gasteiger partial charge in [0, 0.05) is 24.1 Å². The predicted octanol–water partition coefficient (Wildman–Crippen LogP) is 2.04. The molecule has 5 heteroatoms. The molecule has 0 spiro atoms. The van der Waals surface area contributed by atoms with Crippen LogP contribution in [0.1, 0.15) is 26.5 Å². The zero-order chi connectivity index (χ0) is 13.2. The van der Waals surface area contributed by atoms with Crippen molar-refractivity contribution >= 4 is 11.2 Å². The lowest BCUT2D eigenvalue weighted by Gasteiger charge is -2.23. The number of hydrogen-bond acceptors (Lipinski definition) is 4. The first-order valence-corrected chi connectivity index (χ1v) is 6.04. The van der Waals surface area contributed by atoms with Crippen LogP contribution in [0.2, 0.25) is 0 Å². The largest absolute Gasteiger partial charge is 0.388 e. The van der Waals surface area contributed by atoms with Crippen LogP contribution in [0, 0.1) is 5.41 Å². The van der Waals surface area contributed by atoms with Crippen LogP contribution in [0.4, 0.5) is 0 Å². The summed E-state index contributed by atoms with van der Waals surface area (Å²) in [5, 5.41) is 3.34. The van der Waals surface area contributed by atoms with Gasteiger partial charge < -0.3 is 10.3 Å². The average Bonchev–Trinajstić information content (AvgIpc) is 2.76. The monoisotopic (exact) mass is 245 g/mol. The van der Waals surface area contributed by atoms with E-state index in [4.69, 9.17) is 0 Å². The molecule has 0 amide bonds. The van der Waals surface area contributed by atoms with Crippen molar-refractivity contribution in [2.75, 3.05) is 6.54 Å². The molecule has 5 nitrogen and oxygen atoms in total. The maximum atomic E-state index is 4.29. The van der Waals surface area contributed by atoms with E-state index >= 15 is 0 Å². The van der Waals surface area contributed by atoms with Gasteiger partial charge in [-0.05, 0) is 0 Å². The van der Waals surface area contributed by atoms with Crippen molar-refractivity contribution < 1.29 is 0 Å². The van der Waals surface area contributed by atoms with Gasteiger partial charge in [-0.2, -0.15) is 0 Å². The van der Waals surface area contributed by atoms with Gasteiger partial charge in [-0.15, -0.1) is 0 Å². The van der Waals surface area contributed by atoms with E-state index in [9.17, 15) is 0 Å². The summed E-state index contributed by atoms with van der Waals surface area (Å²) in [5.74, 6) is 0. The molecule has 0 fully saturated rings. The third kappa shape index (κ3) is 2.67. The smallest absolute Gasteiger partial charge is 0.180 e. The molecule has 2 rings (SSSR count). The van der Waals surface area contributed by atoms with Gasteiger partial charge in [0.2, 0.25) is 0 Å². The molecule has 2 heterocycles. The summed E-state index contributed by atoms with van der Waals surface area (Å²) < 4.78 is 0. The molecule has 0 aromatic carbocycles. The van der Waals surface area contributed by atoms with Crippen LogP contribution in [0.15, 0.2) is 24.9 Å². The molecule has 96 valence electrons. The number of aromatic nitrogens is 4. The second kappa shape index (κ2) is 4.76. The van der Waals surface area contributed by atoms with E-state index < -0.39 is 0 Å². The number of rotatable bonds is 4. The van der Waals surface area contributed by atoms with E-state index in [1.807, 2.05) is 0 Å². The maximum absolute atomic E-state index is 4.29. The molecule has 0 radical (unpaired) electrons. The van der Waals surface area contributed by atoms with Crippen LogP contribution in [0.25, 0.3) is 11.2 Å². The van der Waals surface area contributed by atoms with E-state index in [2.05, 4.69) is 52.6 Å². The van der Waals surface area contributed by atoms with Crippen LogP contribution in [-0.2, 0) is 6.42 Å². The minimum absolute atomic E-state index is 0.0784. The van der Waals surface area contributed by atoms with Crippen LogP contribution in [0.3, 0.4) is 0 Å². The Balaban J connectivity index is 1.99. The lowest BCUT2D eigenvalue weighted by molar-refractivity contribution is 0.462. The van der Waals surface area contributed by atoms with Gasteiger partial charge in [0.05, 0.1) is 12.0 Å². The van der Waals surface area contributed by atoms with Gasteiger partial charge in [-0.25, -0.2) is 15.0 Å². The molecule has 0 aliphatic carbocycles. The summed E-state index contributed by atoms with van der Waals surface area (Å²) in [6, 6.07) is 0. The fraction of sp³-hybridized carbons (Fsp3) is 0.462. The van der Waals surface area contributed by atoms with Gasteiger partial charge in [0.15, 0.2) is 5.65 Å². The first-order valence-electron chi connectivity index (χ1n) is 6.04. The van der Waals surface area contributed by atoms with Crippen LogP contribution in [0.5, 0.6) is 0 Å². The first-order chi connectivity index (χ1) is 8.48. The Hall–Kier alpha value is -1.91. The summed E-state index contributed by atoms with van der Waals surface area (Å²) in [6.45, 7) is 11.3. The topological polar surface area (TPSA) is 66.5 Å². The molecule has 0 saturated heterocycles. The highest BCUT2D eigenvalue weighted by atomic mass is 15.0. The predicted molar refractivity (Wildman–Crippen MR) is 72.0 cm³/mol. The zero-order valence-corrected chi connectivity index (χ0v) is 11.1. The van der Waals surface area contributed by atoms with Crippen molar-refractivity contribution in [2.45, 2.75) is 27.2 Å². The van der Waals surface area contributed by atoms with Crippen molar-refractivity contribution in [3.05, 3.63) is 30.6 Å². The van der Waals surface area contributed by atoms with E-state index in [0.717, 1.165) is 35.5 Å². The van der Waals surface area contributed by atoms with E-state index in [1.54, 1.807) is 12.7 Å². The van der Waals surface area contributed by atoms with Crippen molar-refractivity contribution in [3.63, 3.8) is 0 Å². The number of allylic oxidation sites excluding steroid dienone is 1. The molecular formula is C13H19N5. The quantitative estimate of drug-likeness (QED) is 0.865. The van der Waals surface area contributed by atoms with Crippen molar-refractivity contribution in [1.29, 1.82) is 0 Å². The van der Waals surface area contributed by atoms with Crippen LogP contribution in [-0.4, -0.2) is 26.5 Å².